The fraction of sp³-hybridized carbons (Fsp3) is 0.500. The van der Waals surface area contributed by atoms with Crippen LogP contribution in [-0.2, 0) is 26.0 Å². The first-order valence-electron chi connectivity index (χ1n) is 10.3. The fourth-order valence-corrected chi connectivity index (χ4v) is 5.26. The zero-order valence-corrected chi connectivity index (χ0v) is 19.8. The first-order valence-corrected chi connectivity index (χ1v) is 12.6. The number of rotatable bonds is 8. The molecule has 2 aromatic rings. The van der Waals surface area contributed by atoms with Crippen molar-refractivity contribution >= 4 is 38.3 Å². The summed E-state index contributed by atoms with van der Waals surface area (Å²) >= 11 is 1.28. The first kappa shape index (κ1) is 24.2. The van der Waals surface area contributed by atoms with Gasteiger partial charge in [0.2, 0.25) is 21.1 Å². The molecule has 1 aliphatic heterocycles. The predicted molar refractivity (Wildman–Crippen MR) is 120 cm³/mol. The van der Waals surface area contributed by atoms with Gasteiger partial charge >= 0.3 is 0 Å². The number of carbonyl (C=O) groups is 2. The number of nitrogens with zero attached hydrogens (tertiary/aromatic N) is 3. The number of ether oxygens (including phenoxy) is 1. The van der Waals surface area contributed by atoms with E-state index in [1.165, 1.54) is 39.9 Å². The van der Waals surface area contributed by atoms with E-state index in [0.29, 0.717) is 24.8 Å². The lowest BCUT2D eigenvalue weighted by Crippen LogP contribution is -2.47. The summed E-state index contributed by atoms with van der Waals surface area (Å²) in [6, 6.07) is 4.97. The number of morpholine rings is 1. The van der Waals surface area contributed by atoms with Crippen LogP contribution in [0.3, 0.4) is 0 Å². The maximum atomic E-state index is 12.9. The van der Waals surface area contributed by atoms with Gasteiger partial charge in [0.15, 0.2) is 0 Å². The van der Waals surface area contributed by atoms with Crippen LogP contribution in [0.15, 0.2) is 29.2 Å². The Morgan fingerprint density at radius 1 is 1.22 bits per heavy atom. The summed E-state index contributed by atoms with van der Waals surface area (Å²) in [5.74, 6) is -1.16. The van der Waals surface area contributed by atoms with Crippen LogP contribution in [0, 0.1) is 5.92 Å². The van der Waals surface area contributed by atoms with Gasteiger partial charge in [-0.15, -0.1) is 10.2 Å². The minimum absolute atomic E-state index is 0.0264. The zero-order valence-electron chi connectivity index (χ0n) is 18.2. The van der Waals surface area contributed by atoms with E-state index in [1.807, 2.05) is 6.92 Å². The van der Waals surface area contributed by atoms with Gasteiger partial charge in [0.05, 0.1) is 18.1 Å². The lowest BCUT2D eigenvalue weighted by Gasteiger charge is -2.26. The summed E-state index contributed by atoms with van der Waals surface area (Å²) in [5.41, 5.74) is 0.155. The maximum absolute atomic E-state index is 12.9. The lowest BCUT2D eigenvalue weighted by molar-refractivity contribution is -0.118. The van der Waals surface area contributed by atoms with Gasteiger partial charge in [-0.3, -0.25) is 14.9 Å². The van der Waals surface area contributed by atoms with Crippen LogP contribution in [0.2, 0.25) is 0 Å². The van der Waals surface area contributed by atoms with E-state index in [0.717, 1.165) is 5.01 Å². The lowest BCUT2D eigenvalue weighted by atomic mass is 10.0. The van der Waals surface area contributed by atoms with Crippen LogP contribution < -0.4 is 10.6 Å². The standard InChI is InChI=1S/C20H27N5O5S2/c1-4-16-23-24-20(31-16)22-19(27)17(13(2)3)21-18(26)14-6-5-7-15(12-14)32(28,29)25-8-10-30-11-9-25/h5-7,12-13,17H,4,8-11H2,1-3H3,(H,21,26)(H,22,24,27)/t17-/m1/s1. The molecule has 0 spiro atoms. The average Bonchev–Trinajstić information content (AvgIpc) is 3.25. The second-order valence-corrected chi connectivity index (χ2v) is 10.6. The molecular weight excluding hydrogens is 454 g/mol. The second kappa shape index (κ2) is 10.5. The minimum Gasteiger partial charge on any atom is -0.379 e. The Hall–Kier alpha value is -2.41. The van der Waals surface area contributed by atoms with E-state index >= 15 is 0 Å². The number of aromatic nitrogens is 2. The van der Waals surface area contributed by atoms with Gasteiger partial charge in [-0.2, -0.15) is 4.31 Å². The Labute approximate surface area is 191 Å². The monoisotopic (exact) mass is 481 g/mol. The van der Waals surface area contributed by atoms with Crippen LogP contribution in [0.5, 0.6) is 0 Å². The number of anilines is 1. The van der Waals surface area contributed by atoms with Crippen molar-refractivity contribution in [2.45, 2.75) is 38.1 Å². The van der Waals surface area contributed by atoms with Crippen molar-refractivity contribution in [3.63, 3.8) is 0 Å². The third-order valence-electron chi connectivity index (χ3n) is 4.94. The Bertz CT molecular complexity index is 1060. The van der Waals surface area contributed by atoms with Gasteiger partial charge in [0.1, 0.15) is 11.0 Å². The number of benzene rings is 1. The molecule has 12 heteroatoms. The van der Waals surface area contributed by atoms with Crippen LogP contribution in [0.1, 0.15) is 36.1 Å². The van der Waals surface area contributed by atoms with E-state index < -0.39 is 27.9 Å². The molecular formula is C20H27N5O5S2. The van der Waals surface area contributed by atoms with Crippen molar-refractivity contribution in [1.29, 1.82) is 0 Å². The molecule has 0 radical (unpaired) electrons. The molecule has 1 aromatic heterocycles. The third kappa shape index (κ3) is 5.68. The Balaban J connectivity index is 1.74. The summed E-state index contributed by atoms with van der Waals surface area (Å²) < 4.78 is 32.3. The van der Waals surface area contributed by atoms with E-state index in [-0.39, 0.29) is 29.5 Å². The molecule has 1 saturated heterocycles. The average molecular weight is 482 g/mol. The highest BCUT2D eigenvalue weighted by Gasteiger charge is 2.29. The molecule has 0 bridgehead atoms. The summed E-state index contributed by atoms with van der Waals surface area (Å²) in [6.45, 7) is 6.75. The van der Waals surface area contributed by atoms with E-state index in [9.17, 15) is 18.0 Å². The van der Waals surface area contributed by atoms with Crippen molar-refractivity contribution in [1.82, 2.24) is 19.8 Å². The first-order chi connectivity index (χ1) is 15.2. The normalized spacial score (nSPS) is 16.0. The van der Waals surface area contributed by atoms with Crippen molar-refractivity contribution in [3.8, 4) is 0 Å². The molecule has 0 saturated carbocycles. The van der Waals surface area contributed by atoms with Crippen molar-refractivity contribution < 1.29 is 22.7 Å². The molecule has 1 fully saturated rings. The van der Waals surface area contributed by atoms with Gasteiger partial charge < -0.3 is 10.1 Å². The smallest absolute Gasteiger partial charge is 0.251 e. The third-order valence-corrected chi connectivity index (χ3v) is 7.82. The van der Waals surface area contributed by atoms with Gasteiger partial charge in [-0.05, 0) is 30.5 Å². The molecule has 174 valence electrons. The highest BCUT2D eigenvalue weighted by molar-refractivity contribution is 7.89. The topological polar surface area (TPSA) is 131 Å². The summed E-state index contributed by atoms with van der Waals surface area (Å²) in [4.78, 5) is 25.7. The van der Waals surface area contributed by atoms with E-state index in [2.05, 4.69) is 20.8 Å². The largest absolute Gasteiger partial charge is 0.379 e. The molecule has 10 nitrogen and oxygen atoms in total. The quantitative estimate of drug-likeness (QED) is 0.584. The molecule has 3 rings (SSSR count). The molecule has 1 aromatic carbocycles. The predicted octanol–water partition coefficient (Wildman–Crippen LogP) is 1.51. The Morgan fingerprint density at radius 3 is 2.56 bits per heavy atom. The fourth-order valence-electron chi connectivity index (χ4n) is 3.12. The summed E-state index contributed by atoms with van der Waals surface area (Å²) in [5, 5.41) is 14.5. The number of hydrogen-bond donors (Lipinski definition) is 2. The van der Waals surface area contributed by atoms with Gasteiger partial charge in [0, 0.05) is 18.7 Å². The maximum Gasteiger partial charge on any atom is 0.251 e. The number of sulfonamides is 1. The Morgan fingerprint density at radius 2 is 1.94 bits per heavy atom. The van der Waals surface area contributed by atoms with E-state index in [1.54, 1.807) is 13.8 Å². The molecule has 1 aliphatic rings. The van der Waals surface area contributed by atoms with Crippen molar-refractivity contribution in [3.05, 3.63) is 34.8 Å². The number of hydrogen-bond acceptors (Lipinski definition) is 8. The molecule has 1 atom stereocenters. The number of aryl methyl sites for hydroxylation is 1. The summed E-state index contributed by atoms with van der Waals surface area (Å²) in [6.07, 6.45) is 0.710. The van der Waals surface area contributed by atoms with Gasteiger partial charge in [-0.25, -0.2) is 8.42 Å². The molecule has 2 N–H and O–H groups in total. The van der Waals surface area contributed by atoms with Gasteiger partial charge in [0.25, 0.3) is 5.91 Å². The minimum atomic E-state index is -3.74. The number of carbonyl (C=O) groups excluding carboxylic acids is 2. The molecule has 0 aliphatic carbocycles. The molecule has 32 heavy (non-hydrogen) atoms. The van der Waals surface area contributed by atoms with Crippen molar-refractivity contribution in [2.24, 2.45) is 5.92 Å². The highest BCUT2D eigenvalue weighted by Crippen LogP contribution is 2.19. The van der Waals surface area contributed by atoms with Crippen LogP contribution in [0.25, 0.3) is 0 Å². The van der Waals surface area contributed by atoms with Gasteiger partial charge in [-0.1, -0.05) is 38.2 Å². The van der Waals surface area contributed by atoms with Crippen LogP contribution in [0.4, 0.5) is 5.13 Å². The number of nitrogens with one attached hydrogen (secondary N) is 2. The Kier molecular flexibility index (Phi) is 7.93. The second-order valence-electron chi connectivity index (χ2n) is 7.58. The number of amides is 2. The highest BCUT2D eigenvalue weighted by atomic mass is 32.2. The molecule has 2 heterocycles. The molecule has 2 amide bonds. The van der Waals surface area contributed by atoms with E-state index in [4.69, 9.17) is 4.74 Å². The summed E-state index contributed by atoms with van der Waals surface area (Å²) in [7, 11) is -3.74. The van der Waals surface area contributed by atoms with Crippen LogP contribution >= 0.6 is 11.3 Å². The van der Waals surface area contributed by atoms with Crippen molar-refractivity contribution in [2.75, 3.05) is 31.6 Å². The van der Waals surface area contributed by atoms with Crippen LogP contribution in [-0.4, -0.2) is 67.1 Å². The zero-order chi connectivity index (χ0) is 23.3. The SMILES string of the molecule is CCc1nnc(NC(=O)[C@H](NC(=O)c2cccc(S(=O)(=O)N3CCOCC3)c2)C(C)C)s1. The molecule has 0 unspecified atom stereocenters.